The average molecular weight is 394 g/mol. The minimum Gasteiger partial charge on any atom is -0.384 e. The summed E-state index contributed by atoms with van der Waals surface area (Å²) in [5, 5.41) is 7.51. The Hall–Kier alpha value is -2.23. The van der Waals surface area contributed by atoms with Gasteiger partial charge in [-0.25, -0.2) is 4.39 Å². The quantitative estimate of drug-likeness (QED) is 0.675. The van der Waals surface area contributed by atoms with E-state index in [2.05, 4.69) is 27.7 Å². The van der Waals surface area contributed by atoms with Gasteiger partial charge in [0.1, 0.15) is 5.82 Å². The summed E-state index contributed by atoms with van der Waals surface area (Å²) in [4.78, 5) is 2.33. The van der Waals surface area contributed by atoms with Gasteiger partial charge in [0.15, 0.2) is 0 Å². The molecule has 0 bridgehead atoms. The molecule has 3 aliphatic rings. The highest BCUT2D eigenvalue weighted by molar-refractivity contribution is 5.71. The predicted octanol–water partition coefficient (Wildman–Crippen LogP) is 5.92. The Balaban J connectivity index is 1.36. The standard InChI is InChI=1S/C25H32FN3/c26-20-8-4-10-22(16-20)29-13-5-9-21(17-29)28-25-15-19(18-6-2-1-3-7-18)14-24-23(25)11-12-27-24/h4,8,10,14-16,18,21,27-28H,1-3,5-7,9,11-13,17H2/t21-/m1/s1. The van der Waals surface area contributed by atoms with Gasteiger partial charge in [-0.3, -0.25) is 0 Å². The fourth-order valence-electron chi connectivity index (χ4n) is 5.47. The summed E-state index contributed by atoms with van der Waals surface area (Å²) < 4.78 is 13.7. The zero-order chi connectivity index (χ0) is 19.6. The molecule has 0 amide bonds. The minimum absolute atomic E-state index is 0.151. The summed E-state index contributed by atoms with van der Waals surface area (Å²) in [5.41, 5.74) is 6.64. The van der Waals surface area contributed by atoms with Crippen molar-refractivity contribution in [2.24, 2.45) is 0 Å². The van der Waals surface area contributed by atoms with E-state index in [1.807, 2.05) is 12.1 Å². The van der Waals surface area contributed by atoms with Crippen molar-refractivity contribution in [2.45, 2.75) is 63.3 Å². The molecule has 29 heavy (non-hydrogen) atoms. The molecule has 0 radical (unpaired) electrons. The van der Waals surface area contributed by atoms with Crippen molar-refractivity contribution < 1.29 is 4.39 Å². The third kappa shape index (κ3) is 4.08. The molecule has 154 valence electrons. The number of nitrogens with zero attached hydrogens (tertiary/aromatic N) is 1. The summed E-state index contributed by atoms with van der Waals surface area (Å²) >= 11 is 0. The zero-order valence-electron chi connectivity index (χ0n) is 17.2. The van der Waals surface area contributed by atoms with Crippen molar-refractivity contribution >= 4 is 17.1 Å². The lowest BCUT2D eigenvalue weighted by molar-refractivity contribution is 0.443. The van der Waals surface area contributed by atoms with E-state index in [0.717, 1.165) is 38.2 Å². The molecule has 2 aromatic carbocycles. The largest absolute Gasteiger partial charge is 0.384 e. The van der Waals surface area contributed by atoms with Gasteiger partial charge < -0.3 is 15.5 Å². The predicted molar refractivity (Wildman–Crippen MR) is 120 cm³/mol. The Kier molecular flexibility index (Phi) is 5.34. The highest BCUT2D eigenvalue weighted by Gasteiger charge is 2.25. The summed E-state index contributed by atoms with van der Waals surface area (Å²) in [6.45, 7) is 2.97. The number of piperidine rings is 1. The van der Waals surface area contributed by atoms with Crippen molar-refractivity contribution in [1.29, 1.82) is 0 Å². The SMILES string of the molecule is Fc1cccc(N2CCC[C@@H](Nc3cc(C4CCCCC4)cc4c3CCN4)C2)c1. The highest BCUT2D eigenvalue weighted by atomic mass is 19.1. The van der Waals surface area contributed by atoms with Gasteiger partial charge in [-0.2, -0.15) is 0 Å². The maximum atomic E-state index is 13.7. The van der Waals surface area contributed by atoms with E-state index in [1.165, 1.54) is 67.1 Å². The number of hydrogen-bond acceptors (Lipinski definition) is 3. The normalized spacial score (nSPS) is 22.2. The molecular formula is C25H32FN3. The number of hydrogen-bond donors (Lipinski definition) is 2. The number of anilines is 3. The molecule has 0 spiro atoms. The van der Waals surface area contributed by atoms with Gasteiger partial charge in [-0.15, -0.1) is 0 Å². The molecule has 2 heterocycles. The van der Waals surface area contributed by atoms with Crippen LogP contribution in [0, 0.1) is 5.82 Å². The molecular weight excluding hydrogens is 361 g/mol. The number of fused-ring (bicyclic) bond motifs is 1. The van der Waals surface area contributed by atoms with Crippen molar-refractivity contribution in [3.63, 3.8) is 0 Å². The molecule has 1 aliphatic carbocycles. The zero-order valence-corrected chi connectivity index (χ0v) is 17.2. The fraction of sp³-hybridized carbons (Fsp3) is 0.520. The van der Waals surface area contributed by atoms with E-state index in [1.54, 1.807) is 6.07 Å². The molecule has 2 aromatic rings. The molecule has 2 N–H and O–H groups in total. The molecule has 0 unspecified atom stereocenters. The van der Waals surface area contributed by atoms with Gasteiger partial charge in [0.05, 0.1) is 0 Å². The maximum Gasteiger partial charge on any atom is 0.125 e. The molecule has 2 aliphatic heterocycles. The van der Waals surface area contributed by atoms with Crippen molar-refractivity contribution in [3.05, 3.63) is 53.3 Å². The van der Waals surface area contributed by atoms with E-state index < -0.39 is 0 Å². The molecule has 2 fully saturated rings. The lowest BCUT2D eigenvalue weighted by atomic mass is 9.83. The summed E-state index contributed by atoms with van der Waals surface area (Å²) in [6, 6.07) is 12.3. The second-order valence-electron chi connectivity index (χ2n) is 9.02. The van der Waals surface area contributed by atoms with Crippen LogP contribution in [-0.4, -0.2) is 25.7 Å². The van der Waals surface area contributed by atoms with Crippen LogP contribution >= 0.6 is 0 Å². The third-order valence-electron chi connectivity index (χ3n) is 6.99. The van der Waals surface area contributed by atoms with Gasteiger partial charge in [0.2, 0.25) is 0 Å². The fourth-order valence-corrected chi connectivity index (χ4v) is 5.47. The monoisotopic (exact) mass is 393 g/mol. The van der Waals surface area contributed by atoms with Crippen molar-refractivity contribution in [2.75, 3.05) is 35.2 Å². The van der Waals surface area contributed by atoms with Crippen LogP contribution in [0.2, 0.25) is 0 Å². The molecule has 0 aromatic heterocycles. The second kappa shape index (κ2) is 8.25. The van der Waals surface area contributed by atoms with Gasteiger partial charge >= 0.3 is 0 Å². The van der Waals surface area contributed by atoms with Gasteiger partial charge in [0.25, 0.3) is 0 Å². The maximum absolute atomic E-state index is 13.7. The molecule has 1 saturated carbocycles. The van der Waals surface area contributed by atoms with Gasteiger partial charge in [0, 0.05) is 48.3 Å². The summed E-state index contributed by atoms with van der Waals surface area (Å²) in [6.07, 6.45) is 10.2. The van der Waals surface area contributed by atoms with Crippen LogP contribution in [-0.2, 0) is 6.42 Å². The Bertz CT molecular complexity index is 859. The van der Waals surface area contributed by atoms with E-state index in [-0.39, 0.29) is 5.82 Å². The first kappa shape index (κ1) is 18.8. The van der Waals surface area contributed by atoms with Crippen LogP contribution in [0.15, 0.2) is 36.4 Å². The third-order valence-corrected chi connectivity index (χ3v) is 6.99. The Morgan fingerprint density at radius 2 is 1.90 bits per heavy atom. The first-order valence-electron chi connectivity index (χ1n) is 11.4. The topological polar surface area (TPSA) is 27.3 Å². The number of benzene rings is 2. The minimum atomic E-state index is -0.151. The first-order valence-corrected chi connectivity index (χ1v) is 11.4. The summed E-state index contributed by atoms with van der Waals surface area (Å²) in [7, 11) is 0. The van der Waals surface area contributed by atoms with Crippen LogP contribution < -0.4 is 15.5 Å². The molecule has 1 atom stereocenters. The van der Waals surface area contributed by atoms with E-state index in [4.69, 9.17) is 0 Å². The van der Waals surface area contributed by atoms with Crippen LogP contribution in [0.3, 0.4) is 0 Å². The molecule has 4 heteroatoms. The number of halogens is 1. The number of nitrogens with one attached hydrogen (secondary N) is 2. The Labute approximate surface area is 173 Å². The Morgan fingerprint density at radius 1 is 1.00 bits per heavy atom. The lowest BCUT2D eigenvalue weighted by Gasteiger charge is -2.36. The van der Waals surface area contributed by atoms with Crippen LogP contribution in [0.1, 0.15) is 62.0 Å². The van der Waals surface area contributed by atoms with Crippen molar-refractivity contribution in [1.82, 2.24) is 0 Å². The molecule has 1 saturated heterocycles. The van der Waals surface area contributed by atoms with E-state index >= 15 is 0 Å². The molecule has 3 nitrogen and oxygen atoms in total. The second-order valence-corrected chi connectivity index (χ2v) is 9.02. The molecule has 5 rings (SSSR count). The van der Waals surface area contributed by atoms with Crippen LogP contribution in [0.4, 0.5) is 21.5 Å². The van der Waals surface area contributed by atoms with Crippen LogP contribution in [0.25, 0.3) is 0 Å². The average Bonchev–Trinajstić information content (AvgIpc) is 3.24. The number of rotatable bonds is 4. The highest BCUT2D eigenvalue weighted by Crippen LogP contribution is 2.39. The summed E-state index contributed by atoms with van der Waals surface area (Å²) in [5.74, 6) is 0.564. The van der Waals surface area contributed by atoms with E-state index in [0.29, 0.717) is 12.0 Å². The van der Waals surface area contributed by atoms with Crippen LogP contribution in [0.5, 0.6) is 0 Å². The lowest BCUT2D eigenvalue weighted by Crippen LogP contribution is -2.42. The smallest absolute Gasteiger partial charge is 0.125 e. The van der Waals surface area contributed by atoms with Crippen molar-refractivity contribution in [3.8, 4) is 0 Å². The Morgan fingerprint density at radius 3 is 2.76 bits per heavy atom. The van der Waals surface area contributed by atoms with Gasteiger partial charge in [-0.1, -0.05) is 25.3 Å². The van der Waals surface area contributed by atoms with E-state index in [9.17, 15) is 4.39 Å². The van der Waals surface area contributed by atoms with Gasteiger partial charge in [-0.05, 0) is 73.9 Å². The first-order chi connectivity index (χ1) is 14.3.